The van der Waals surface area contributed by atoms with Crippen molar-refractivity contribution in [2.75, 3.05) is 31.1 Å². The zero-order valence-corrected chi connectivity index (χ0v) is 16.4. The normalized spacial score (nSPS) is 15.2. The number of fused-ring (bicyclic) bond motifs is 1. The van der Waals surface area contributed by atoms with Gasteiger partial charge in [0.1, 0.15) is 0 Å². The fraction of sp³-hybridized carbons (Fsp3) is 0.579. The number of piperazine rings is 1. The maximum absolute atomic E-state index is 12.4. The Bertz CT molecular complexity index is 745. The van der Waals surface area contributed by atoms with E-state index in [1.165, 1.54) is 15.8 Å². The summed E-state index contributed by atoms with van der Waals surface area (Å²) in [6.07, 6.45) is 1.96. The molecule has 1 aliphatic heterocycles. The Hall–Kier alpha value is -1.82. The molecule has 1 aromatic carbocycles. The molecule has 6 heteroatoms. The van der Waals surface area contributed by atoms with Gasteiger partial charge >= 0.3 is 6.03 Å². The third kappa shape index (κ3) is 3.89. The van der Waals surface area contributed by atoms with E-state index in [-0.39, 0.29) is 12.1 Å². The van der Waals surface area contributed by atoms with Crippen LogP contribution in [-0.2, 0) is 0 Å². The average Bonchev–Trinajstić information content (AvgIpc) is 3.04. The van der Waals surface area contributed by atoms with Gasteiger partial charge in [-0.25, -0.2) is 9.78 Å². The number of benzene rings is 1. The largest absolute Gasteiger partial charge is 0.345 e. The first-order valence-electron chi connectivity index (χ1n) is 9.20. The van der Waals surface area contributed by atoms with Gasteiger partial charge in [0.25, 0.3) is 0 Å². The highest BCUT2D eigenvalue weighted by Gasteiger charge is 2.24. The third-order valence-corrected chi connectivity index (χ3v) is 6.23. The van der Waals surface area contributed by atoms with Crippen molar-refractivity contribution in [3.05, 3.63) is 23.3 Å². The van der Waals surface area contributed by atoms with Crippen molar-refractivity contribution in [3.8, 4) is 0 Å². The molecule has 1 fully saturated rings. The van der Waals surface area contributed by atoms with Gasteiger partial charge < -0.3 is 15.1 Å². The first kappa shape index (κ1) is 18.0. The predicted molar refractivity (Wildman–Crippen MR) is 106 cm³/mol. The van der Waals surface area contributed by atoms with Crippen LogP contribution in [-0.4, -0.2) is 48.1 Å². The van der Waals surface area contributed by atoms with Crippen LogP contribution in [0.15, 0.2) is 12.1 Å². The average molecular weight is 361 g/mol. The van der Waals surface area contributed by atoms with Crippen LogP contribution < -0.4 is 10.2 Å². The molecule has 5 nitrogen and oxygen atoms in total. The highest BCUT2D eigenvalue weighted by molar-refractivity contribution is 7.22. The van der Waals surface area contributed by atoms with Crippen LogP contribution in [0.2, 0.25) is 0 Å². The number of hydrogen-bond donors (Lipinski definition) is 1. The van der Waals surface area contributed by atoms with Gasteiger partial charge in [-0.1, -0.05) is 31.3 Å². The molecule has 1 saturated heterocycles. The molecular weight excluding hydrogens is 332 g/mol. The van der Waals surface area contributed by atoms with Crippen molar-refractivity contribution in [1.82, 2.24) is 15.2 Å². The molecule has 0 saturated carbocycles. The van der Waals surface area contributed by atoms with Crippen LogP contribution in [0.3, 0.4) is 0 Å². The van der Waals surface area contributed by atoms with Crippen molar-refractivity contribution in [2.24, 2.45) is 0 Å². The zero-order chi connectivity index (χ0) is 18.0. The summed E-state index contributed by atoms with van der Waals surface area (Å²) in [4.78, 5) is 21.4. The standard InChI is InChI=1S/C19H28N4OS/c1-5-15(6-2)20-18(24)22-7-9-23(10-8-22)19-21-16-12-13(3)11-14(4)17(16)25-19/h11-12,15H,5-10H2,1-4H3,(H,20,24). The Kier molecular flexibility index (Phi) is 5.47. The molecule has 1 aliphatic rings. The predicted octanol–water partition coefficient (Wildman–Crippen LogP) is 3.93. The van der Waals surface area contributed by atoms with Crippen LogP contribution in [0, 0.1) is 13.8 Å². The number of aromatic nitrogens is 1. The molecular formula is C19H28N4OS. The van der Waals surface area contributed by atoms with Gasteiger partial charge in [-0.2, -0.15) is 0 Å². The lowest BCUT2D eigenvalue weighted by Gasteiger charge is -2.35. The van der Waals surface area contributed by atoms with Gasteiger partial charge in [0, 0.05) is 32.2 Å². The van der Waals surface area contributed by atoms with Gasteiger partial charge in [-0.05, 0) is 43.9 Å². The van der Waals surface area contributed by atoms with E-state index in [2.05, 4.69) is 50.0 Å². The van der Waals surface area contributed by atoms with E-state index in [9.17, 15) is 4.79 Å². The van der Waals surface area contributed by atoms with E-state index in [0.717, 1.165) is 49.7 Å². The highest BCUT2D eigenvalue weighted by Crippen LogP contribution is 2.32. The van der Waals surface area contributed by atoms with Gasteiger partial charge in [-0.15, -0.1) is 0 Å². The summed E-state index contributed by atoms with van der Waals surface area (Å²) in [5, 5.41) is 4.20. The van der Waals surface area contributed by atoms with Crippen LogP contribution in [0.25, 0.3) is 10.2 Å². The van der Waals surface area contributed by atoms with Gasteiger partial charge in [0.2, 0.25) is 0 Å². The van der Waals surface area contributed by atoms with E-state index in [1.807, 2.05) is 4.90 Å². The van der Waals surface area contributed by atoms with Crippen molar-refractivity contribution in [3.63, 3.8) is 0 Å². The molecule has 2 heterocycles. The number of urea groups is 1. The van der Waals surface area contributed by atoms with Gasteiger partial charge in [0.05, 0.1) is 10.2 Å². The first-order chi connectivity index (χ1) is 12.0. The molecule has 3 rings (SSSR count). The molecule has 136 valence electrons. The monoisotopic (exact) mass is 360 g/mol. The fourth-order valence-electron chi connectivity index (χ4n) is 3.36. The quantitative estimate of drug-likeness (QED) is 0.898. The maximum Gasteiger partial charge on any atom is 0.317 e. The molecule has 0 radical (unpaired) electrons. The minimum Gasteiger partial charge on any atom is -0.345 e. The smallest absolute Gasteiger partial charge is 0.317 e. The lowest BCUT2D eigenvalue weighted by molar-refractivity contribution is 0.189. The molecule has 0 atom stereocenters. The summed E-state index contributed by atoms with van der Waals surface area (Å²) in [6, 6.07) is 4.72. The van der Waals surface area contributed by atoms with Crippen molar-refractivity contribution < 1.29 is 4.79 Å². The molecule has 2 aromatic rings. The number of carbonyl (C=O) groups is 1. The van der Waals surface area contributed by atoms with E-state index in [1.54, 1.807) is 11.3 Å². The number of nitrogens with one attached hydrogen (secondary N) is 1. The molecule has 0 bridgehead atoms. The van der Waals surface area contributed by atoms with Crippen LogP contribution >= 0.6 is 11.3 Å². The van der Waals surface area contributed by atoms with E-state index in [0.29, 0.717) is 0 Å². The van der Waals surface area contributed by atoms with Gasteiger partial charge in [0.15, 0.2) is 5.13 Å². The number of amides is 2. The number of rotatable bonds is 4. The Balaban J connectivity index is 1.64. The fourth-order valence-corrected chi connectivity index (χ4v) is 4.43. The Morgan fingerprint density at radius 2 is 1.88 bits per heavy atom. The molecule has 2 amide bonds. The number of aryl methyl sites for hydroxylation is 2. The molecule has 25 heavy (non-hydrogen) atoms. The summed E-state index contributed by atoms with van der Waals surface area (Å²) in [6.45, 7) is 11.7. The van der Waals surface area contributed by atoms with Crippen molar-refractivity contribution >= 4 is 32.7 Å². The summed E-state index contributed by atoms with van der Waals surface area (Å²) >= 11 is 1.76. The number of carbonyl (C=O) groups excluding carboxylic acids is 1. The summed E-state index contributed by atoms with van der Waals surface area (Å²) in [5.41, 5.74) is 3.64. The van der Waals surface area contributed by atoms with Crippen LogP contribution in [0.5, 0.6) is 0 Å². The Morgan fingerprint density at radius 3 is 2.52 bits per heavy atom. The molecule has 0 unspecified atom stereocenters. The zero-order valence-electron chi connectivity index (χ0n) is 15.6. The van der Waals surface area contributed by atoms with Crippen molar-refractivity contribution in [1.29, 1.82) is 0 Å². The minimum absolute atomic E-state index is 0.0733. The third-order valence-electron chi connectivity index (χ3n) is 4.96. The lowest BCUT2D eigenvalue weighted by atomic mass is 10.1. The van der Waals surface area contributed by atoms with E-state index in [4.69, 9.17) is 4.98 Å². The topological polar surface area (TPSA) is 48.5 Å². The van der Waals surface area contributed by atoms with E-state index < -0.39 is 0 Å². The van der Waals surface area contributed by atoms with Crippen LogP contribution in [0.4, 0.5) is 9.93 Å². The summed E-state index contributed by atoms with van der Waals surface area (Å²) in [5.74, 6) is 0. The van der Waals surface area contributed by atoms with E-state index >= 15 is 0 Å². The lowest BCUT2D eigenvalue weighted by Crippen LogP contribution is -2.53. The summed E-state index contributed by atoms with van der Waals surface area (Å²) < 4.78 is 1.27. The van der Waals surface area contributed by atoms with Gasteiger partial charge in [-0.3, -0.25) is 0 Å². The SMILES string of the molecule is CCC(CC)NC(=O)N1CCN(c2nc3cc(C)cc(C)c3s2)CC1. The first-order valence-corrected chi connectivity index (χ1v) is 10.0. The number of thiazole rings is 1. The molecule has 1 aromatic heterocycles. The Morgan fingerprint density at radius 1 is 1.20 bits per heavy atom. The number of nitrogens with zero attached hydrogens (tertiary/aromatic N) is 3. The number of anilines is 1. The second-order valence-electron chi connectivity index (χ2n) is 6.86. The second-order valence-corrected chi connectivity index (χ2v) is 7.84. The molecule has 0 spiro atoms. The summed E-state index contributed by atoms with van der Waals surface area (Å²) in [7, 11) is 0. The second kappa shape index (κ2) is 7.60. The highest BCUT2D eigenvalue weighted by atomic mass is 32.1. The number of hydrogen-bond acceptors (Lipinski definition) is 4. The molecule has 0 aliphatic carbocycles. The minimum atomic E-state index is 0.0733. The molecule has 1 N–H and O–H groups in total. The Labute approximate surface area is 154 Å². The van der Waals surface area contributed by atoms with Crippen molar-refractivity contribution in [2.45, 2.75) is 46.6 Å². The maximum atomic E-state index is 12.4. The van der Waals surface area contributed by atoms with Crippen LogP contribution in [0.1, 0.15) is 37.8 Å².